The highest BCUT2D eigenvalue weighted by Crippen LogP contribution is 2.32. The lowest BCUT2D eigenvalue weighted by molar-refractivity contribution is -0.137. The van der Waals surface area contributed by atoms with Crippen LogP contribution in [0.5, 0.6) is 0 Å². The molecule has 0 amide bonds. The second-order valence-corrected chi connectivity index (χ2v) is 7.18. The number of benzene rings is 2. The second kappa shape index (κ2) is 5.55. The Labute approximate surface area is 136 Å². The zero-order valence-electron chi connectivity index (χ0n) is 12.5. The van der Waals surface area contributed by atoms with E-state index in [-0.39, 0.29) is 4.90 Å². The van der Waals surface area contributed by atoms with E-state index in [2.05, 4.69) is 4.98 Å². The van der Waals surface area contributed by atoms with Gasteiger partial charge in [0, 0.05) is 24.1 Å². The number of fused-ring (bicyclic) bond motifs is 1. The lowest BCUT2D eigenvalue weighted by Crippen LogP contribution is -2.26. The Hall–Kier alpha value is -2.48. The summed E-state index contributed by atoms with van der Waals surface area (Å²) < 4.78 is 64.2. The number of hydrogen-bond acceptors (Lipinski definition) is 2. The number of nitrogens with zero attached hydrogens (tertiary/aromatic N) is 1. The fourth-order valence-corrected chi connectivity index (χ4v) is 3.63. The Morgan fingerprint density at radius 1 is 1.00 bits per heavy atom. The van der Waals surface area contributed by atoms with Crippen LogP contribution in [0.3, 0.4) is 0 Å². The van der Waals surface area contributed by atoms with Gasteiger partial charge in [0.15, 0.2) is 0 Å². The van der Waals surface area contributed by atoms with Gasteiger partial charge in [0.25, 0.3) is 10.0 Å². The van der Waals surface area contributed by atoms with Crippen LogP contribution in [0.2, 0.25) is 0 Å². The minimum Gasteiger partial charge on any atom is -0.359 e. The van der Waals surface area contributed by atoms with Gasteiger partial charge >= 0.3 is 6.18 Å². The van der Waals surface area contributed by atoms with E-state index < -0.39 is 21.8 Å². The molecule has 24 heavy (non-hydrogen) atoms. The van der Waals surface area contributed by atoms with Crippen LogP contribution in [0.15, 0.2) is 59.6 Å². The van der Waals surface area contributed by atoms with Crippen LogP contribution in [0.1, 0.15) is 5.56 Å². The van der Waals surface area contributed by atoms with Crippen molar-refractivity contribution in [3.05, 3.63) is 60.3 Å². The van der Waals surface area contributed by atoms with Crippen molar-refractivity contribution >= 4 is 26.6 Å². The number of H-pyrrole nitrogens is 1. The maximum Gasteiger partial charge on any atom is 0.416 e. The molecule has 4 nitrogen and oxygen atoms in total. The van der Waals surface area contributed by atoms with Gasteiger partial charge in [0.05, 0.1) is 16.1 Å². The van der Waals surface area contributed by atoms with E-state index in [9.17, 15) is 21.6 Å². The van der Waals surface area contributed by atoms with Crippen LogP contribution in [0.4, 0.5) is 18.9 Å². The van der Waals surface area contributed by atoms with Gasteiger partial charge < -0.3 is 4.98 Å². The van der Waals surface area contributed by atoms with Crippen molar-refractivity contribution in [3.8, 4) is 0 Å². The van der Waals surface area contributed by atoms with Crippen molar-refractivity contribution in [1.29, 1.82) is 0 Å². The molecule has 1 heterocycles. The Kier molecular flexibility index (Phi) is 3.79. The zero-order chi connectivity index (χ0) is 17.5. The summed E-state index contributed by atoms with van der Waals surface area (Å²) in [4.78, 5) is 2.76. The van der Waals surface area contributed by atoms with E-state index in [1.54, 1.807) is 24.4 Å². The maximum atomic E-state index is 12.7. The van der Waals surface area contributed by atoms with Gasteiger partial charge in [-0.05, 0) is 30.3 Å². The number of para-hydroxylation sites is 1. The van der Waals surface area contributed by atoms with Gasteiger partial charge in [-0.15, -0.1) is 0 Å². The van der Waals surface area contributed by atoms with E-state index in [4.69, 9.17) is 0 Å². The van der Waals surface area contributed by atoms with E-state index in [1.807, 2.05) is 6.07 Å². The molecule has 0 saturated heterocycles. The van der Waals surface area contributed by atoms with Crippen molar-refractivity contribution in [2.24, 2.45) is 0 Å². The SMILES string of the molecule is CN(c1c[nH]c2ccccc12)S(=O)(=O)c1ccc(C(F)(F)F)cc1. The molecule has 1 aromatic heterocycles. The molecule has 0 aliphatic rings. The van der Waals surface area contributed by atoms with E-state index >= 15 is 0 Å². The third-order valence-electron chi connectivity index (χ3n) is 3.75. The molecule has 2 aromatic carbocycles. The normalized spacial score (nSPS) is 12.5. The van der Waals surface area contributed by atoms with Crippen molar-refractivity contribution in [2.45, 2.75) is 11.1 Å². The number of nitrogens with one attached hydrogen (secondary N) is 1. The Morgan fingerprint density at radius 2 is 1.62 bits per heavy atom. The van der Waals surface area contributed by atoms with Crippen molar-refractivity contribution in [3.63, 3.8) is 0 Å². The molecule has 0 spiro atoms. The number of rotatable bonds is 3. The summed E-state index contributed by atoms with van der Waals surface area (Å²) in [7, 11) is -2.61. The number of aromatic amines is 1. The first-order chi connectivity index (χ1) is 11.2. The Balaban J connectivity index is 2.01. The van der Waals surface area contributed by atoms with Crippen LogP contribution in [0.25, 0.3) is 10.9 Å². The van der Waals surface area contributed by atoms with Crippen LogP contribution >= 0.6 is 0 Å². The molecule has 0 aliphatic heterocycles. The van der Waals surface area contributed by atoms with E-state index in [0.29, 0.717) is 11.1 Å². The molecule has 3 rings (SSSR count). The first-order valence-corrected chi connectivity index (χ1v) is 8.37. The number of sulfonamides is 1. The van der Waals surface area contributed by atoms with Gasteiger partial charge in [-0.3, -0.25) is 4.31 Å². The van der Waals surface area contributed by atoms with Gasteiger partial charge in [-0.1, -0.05) is 18.2 Å². The zero-order valence-corrected chi connectivity index (χ0v) is 13.3. The minimum atomic E-state index is -4.51. The molecule has 1 N–H and O–H groups in total. The van der Waals surface area contributed by atoms with Gasteiger partial charge in [0.1, 0.15) is 0 Å². The summed E-state index contributed by atoms with van der Waals surface area (Å²) in [6, 6.07) is 10.6. The first kappa shape index (κ1) is 16.4. The summed E-state index contributed by atoms with van der Waals surface area (Å²) in [5.74, 6) is 0. The molecule has 0 unspecified atom stereocenters. The highest BCUT2D eigenvalue weighted by atomic mass is 32.2. The predicted octanol–water partition coefficient (Wildman–Crippen LogP) is 4.01. The first-order valence-electron chi connectivity index (χ1n) is 6.93. The largest absolute Gasteiger partial charge is 0.416 e. The molecule has 0 bridgehead atoms. The molecular weight excluding hydrogens is 341 g/mol. The van der Waals surface area contributed by atoms with Gasteiger partial charge in [-0.2, -0.15) is 13.2 Å². The molecule has 8 heteroatoms. The average molecular weight is 354 g/mol. The van der Waals surface area contributed by atoms with E-state index in [0.717, 1.165) is 34.1 Å². The molecule has 0 atom stereocenters. The van der Waals surface area contributed by atoms with Crippen LogP contribution in [0, 0.1) is 0 Å². The molecule has 3 aromatic rings. The third-order valence-corrected chi connectivity index (χ3v) is 5.53. The van der Waals surface area contributed by atoms with E-state index in [1.165, 1.54) is 7.05 Å². The highest BCUT2D eigenvalue weighted by Gasteiger charge is 2.31. The van der Waals surface area contributed by atoms with Gasteiger partial charge in [0.2, 0.25) is 0 Å². The van der Waals surface area contributed by atoms with Crippen LogP contribution in [-0.2, 0) is 16.2 Å². The lowest BCUT2D eigenvalue weighted by atomic mass is 10.2. The standard InChI is InChI=1S/C16H13F3N2O2S/c1-21(15-10-20-14-5-3-2-4-13(14)15)24(22,23)12-8-6-11(7-9-12)16(17,18)19/h2-10,20H,1H3. The van der Waals surface area contributed by atoms with Crippen molar-refractivity contribution < 1.29 is 21.6 Å². The summed E-state index contributed by atoms with van der Waals surface area (Å²) in [5, 5.41) is 0.704. The fraction of sp³-hybridized carbons (Fsp3) is 0.125. The molecule has 0 radical (unpaired) electrons. The van der Waals surface area contributed by atoms with Crippen molar-refractivity contribution in [1.82, 2.24) is 4.98 Å². The van der Waals surface area contributed by atoms with Crippen LogP contribution in [-0.4, -0.2) is 20.4 Å². The minimum absolute atomic E-state index is 0.205. The Bertz CT molecular complexity index is 976. The molecule has 0 aliphatic carbocycles. The summed E-state index contributed by atoms with van der Waals surface area (Å²) in [6.07, 6.45) is -2.96. The molecular formula is C16H13F3N2O2S. The van der Waals surface area contributed by atoms with Crippen molar-refractivity contribution in [2.75, 3.05) is 11.4 Å². The number of hydrogen-bond donors (Lipinski definition) is 1. The smallest absolute Gasteiger partial charge is 0.359 e. The topological polar surface area (TPSA) is 53.2 Å². The predicted molar refractivity (Wildman–Crippen MR) is 85.3 cm³/mol. The number of aromatic nitrogens is 1. The molecule has 126 valence electrons. The Morgan fingerprint density at radius 3 is 2.25 bits per heavy atom. The van der Waals surface area contributed by atoms with Crippen LogP contribution < -0.4 is 4.31 Å². The number of alkyl halides is 3. The fourth-order valence-electron chi connectivity index (χ4n) is 2.42. The number of anilines is 1. The quantitative estimate of drug-likeness (QED) is 0.773. The van der Waals surface area contributed by atoms with Gasteiger partial charge in [-0.25, -0.2) is 8.42 Å². The average Bonchev–Trinajstić information content (AvgIpc) is 2.97. The second-order valence-electron chi connectivity index (χ2n) is 5.21. The highest BCUT2D eigenvalue weighted by molar-refractivity contribution is 7.92. The lowest BCUT2D eigenvalue weighted by Gasteiger charge is -2.19. The molecule has 0 fully saturated rings. The summed E-state index contributed by atoms with van der Waals surface area (Å²) in [6.45, 7) is 0. The monoisotopic (exact) mass is 354 g/mol. The molecule has 0 saturated carbocycles. The maximum absolute atomic E-state index is 12.7. The summed E-state index contributed by atoms with van der Waals surface area (Å²) in [5.41, 5.74) is 0.295. The number of halogens is 3. The third kappa shape index (κ3) is 2.73. The summed E-state index contributed by atoms with van der Waals surface area (Å²) >= 11 is 0.